The van der Waals surface area contributed by atoms with E-state index in [1.54, 1.807) is 4.90 Å². The van der Waals surface area contributed by atoms with Gasteiger partial charge in [0, 0.05) is 7.05 Å². The molecule has 0 spiro atoms. The fourth-order valence-electron chi connectivity index (χ4n) is 1.31. The van der Waals surface area contributed by atoms with Gasteiger partial charge in [-0.2, -0.15) is 4.99 Å². The van der Waals surface area contributed by atoms with Crippen LogP contribution in [0.3, 0.4) is 0 Å². The Kier molecular flexibility index (Phi) is 2.68. The largest absolute Gasteiger partial charge is 0.369 e. The number of carbonyl (C=O) groups is 1. The van der Waals surface area contributed by atoms with E-state index in [4.69, 9.17) is 5.73 Å². The lowest BCUT2D eigenvalue weighted by Gasteiger charge is -2.18. The van der Waals surface area contributed by atoms with E-state index in [2.05, 4.69) is 11.9 Å². The average molecular weight is 169 g/mol. The maximum Gasteiger partial charge on any atom is 0.271 e. The van der Waals surface area contributed by atoms with Crippen LogP contribution in [0.2, 0.25) is 0 Å². The van der Waals surface area contributed by atoms with Crippen molar-refractivity contribution in [1.29, 1.82) is 0 Å². The van der Waals surface area contributed by atoms with E-state index < -0.39 is 0 Å². The topological polar surface area (TPSA) is 58.7 Å². The number of likely N-dealkylation sites (N-methyl/N-ethyl adjacent to an activating group) is 1. The predicted molar refractivity (Wildman–Crippen MR) is 47.7 cm³/mol. The van der Waals surface area contributed by atoms with Crippen molar-refractivity contribution in [2.24, 2.45) is 10.7 Å². The fourth-order valence-corrected chi connectivity index (χ4v) is 1.31. The Labute approximate surface area is 72.4 Å². The van der Waals surface area contributed by atoms with Crippen molar-refractivity contribution in [2.75, 3.05) is 7.05 Å². The minimum Gasteiger partial charge on any atom is -0.369 e. The molecule has 12 heavy (non-hydrogen) atoms. The highest BCUT2D eigenvalue weighted by Gasteiger charge is 2.29. The molecule has 1 heterocycles. The molecule has 2 N–H and O–H groups in total. The van der Waals surface area contributed by atoms with Gasteiger partial charge in [0.05, 0.1) is 0 Å². The summed E-state index contributed by atoms with van der Waals surface area (Å²) >= 11 is 0. The second-order valence-corrected chi connectivity index (χ2v) is 3.08. The van der Waals surface area contributed by atoms with Crippen molar-refractivity contribution < 1.29 is 4.79 Å². The van der Waals surface area contributed by atoms with Gasteiger partial charge in [-0.25, -0.2) is 0 Å². The van der Waals surface area contributed by atoms with E-state index in [0.29, 0.717) is 5.96 Å². The van der Waals surface area contributed by atoms with E-state index in [1.807, 2.05) is 7.05 Å². The second-order valence-electron chi connectivity index (χ2n) is 3.08. The molecule has 0 aromatic carbocycles. The van der Waals surface area contributed by atoms with Crippen molar-refractivity contribution in [3.63, 3.8) is 0 Å². The van der Waals surface area contributed by atoms with Crippen LogP contribution in [0, 0.1) is 0 Å². The number of guanidine groups is 1. The van der Waals surface area contributed by atoms with Gasteiger partial charge in [0.25, 0.3) is 5.91 Å². The summed E-state index contributed by atoms with van der Waals surface area (Å²) in [4.78, 5) is 16.6. The summed E-state index contributed by atoms with van der Waals surface area (Å²) in [5, 5.41) is 0. The molecule has 1 aliphatic heterocycles. The van der Waals surface area contributed by atoms with Gasteiger partial charge in [0.1, 0.15) is 6.04 Å². The Morgan fingerprint density at radius 2 is 2.33 bits per heavy atom. The van der Waals surface area contributed by atoms with Crippen molar-refractivity contribution in [3.8, 4) is 0 Å². The van der Waals surface area contributed by atoms with Crippen LogP contribution >= 0.6 is 0 Å². The summed E-state index contributed by atoms with van der Waals surface area (Å²) in [5.41, 5.74) is 5.49. The van der Waals surface area contributed by atoms with Gasteiger partial charge in [-0.15, -0.1) is 0 Å². The van der Waals surface area contributed by atoms with Crippen LogP contribution in [0.15, 0.2) is 4.99 Å². The summed E-state index contributed by atoms with van der Waals surface area (Å²) < 4.78 is 0. The quantitative estimate of drug-likeness (QED) is 0.662. The van der Waals surface area contributed by atoms with Crippen LogP contribution in [0.1, 0.15) is 26.2 Å². The maximum atomic E-state index is 11.2. The molecule has 1 unspecified atom stereocenters. The smallest absolute Gasteiger partial charge is 0.271 e. The van der Waals surface area contributed by atoms with Gasteiger partial charge in [0.2, 0.25) is 0 Å². The molecule has 0 fully saturated rings. The van der Waals surface area contributed by atoms with Gasteiger partial charge in [-0.3, -0.25) is 4.79 Å². The highest BCUT2D eigenvalue weighted by atomic mass is 16.2. The molecule has 0 saturated carbocycles. The third-order valence-electron chi connectivity index (χ3n) is 2.17. The van der Waals surface area contributed by atoms with Gasteiger partial charge in [-0.1, -0.05) is 19.8 Å². The van der Waals surface area contributed by atoms with Gasteiger partial charge in [0.15, 0.2) is 5.96 Å². The highest BCUT2D eigenvalue weighted by Crippen LogP contribution is 2.13. The number of unbranched alkanes of at least 4 members (excludes halogenated alkanes) is 1. The first-order valence-corrected chi connectivity index (χ1v) is 4.27. The van der Waals surface area contributed by atoms with Crippen molar-refractivity contribution in [3.05, 3.63) is 0 Å². The number of carbonyl (C=O) groups excluding carboxylic acids is 1. The molecule has 4 nitrogen and oxygen atoms in total. The third kappa shape index (κ3) is 1.57. The molecular formula is C8H15N3O. The molecule has 0 bridgehead atoms. The predicted octanol–water partition coefficient (Wildman–Crippen LogP) is 0.332. The van der Waals surface area contributed by atoms with Gasteiger partial charge in [-0.05, 0) is 6.42 Å². The SMILES string of the molecule is CCCCC1C(=O)N=C(N)N1C. The third-order valence-corrected chi connectivity index (χ3v) is 2.17. The first-order chi connectivity index (χ1) is 5.66. The Hall–Kier alpha value is -1.06. The Bertz CT molecular complexity index is 212. The van der Waals surface area contributed by atoms with E-state index in [9.17, 15) is 4.79 Å². The lowest BCUT2D eigenvalue weighted by Crippen LogP contribution is -2.38. The first kappa shape index (κ1) is 9.03. The van der Waals surface area contributed by atoms with Crippen LogP contribution in [-0.2, 0) is 4.79 Å². The molecule has 0 aromatic rings. The standard InChI is InChI=1S/C8H15N3O/c1-3-4-5-6-7(12)10-8(9)11(6)2/h6H,3-5H2,1-2H3,(H2,9,10,12). The number of hydrogen-bond acceptors (Lipinski definition) is 3. The number of amides is 1. The molecule has 1 rings (SSSR count). The minimum absolute atomic E-state index is 0.0940. The van der Waals surface area contributed by atoms with Crippen LogP contribution in [0.5, 0.6) is 0 Å². The zero-order valence-corrected chi connectivity index (χ0v) is 7.58. The molecule has 68 valence electrons. The van der Waals surface area contributed by atoms with Gasteiger partial charge >= 0.3 is 0 Å². The van der Waals surface area contributed by atoms with Crippen molar-refractivity contribution in [2.45, 2.75) is 32.2 Å². The normalized spacial score (nSPS) is 23.2. The maximum absolute atomic E-state index is 11.2. The average Bonchev–Trinajstić information content (AvgIpc) is 2.25. The highest BCUT2D eigenvalue weighted by molar-refractivity contribution is 6.01. The number of aliphatic imine (C=N–C) groups is 1. The molecule has 0 saturated heterocycles. The summed E-state index contributed by atoms with van der Waals surface area (Å²) in [6.45, 7) is 2.10. The van der Waals surface area contributed by atoms with E-state index in [-0.39, 0.29) is 11.9 Å². The van der Waals surface area contributed by atoms with Crippen molar-refractivity contribution in [1.82, 2.24) is 4.90 Å². The minimum atomic E-state index is -0.107. The zero-order valence-electron chi connectivity index (χ0n) is 7.58. The molecule has 1 amide bonds. The molecular weight excluding hydrogens is 154 g/mol. The molecule has 4 heteroatoms. The van der Waals surface area contributed by atoms with E-state index in [1.165, 1.54) is 0 Å². The number of nitrogens with zero attached hydrogens (tertiary/aromatic N) is 2. The molecule has 1 aliphatic rings. The first-order valence-electron chi connectivity index (χ1n) is 4.27. The Morgan fingerprint density at radius 3 is 2.75 bits per heavy atom. The zero-order chi connectivity index (χ0) is 9.14. The lowest BCUT2D eigenvalue weighted by atomic mass is 10.1. The Morgan fingerprint density at radius 1 is 1.67 bits per heavy atom. The van der Waals surface area contributed by atoms with Crippen LogP contribution in [0.4, 0.5) is 0 Å². The summed E-state index contributed by atoms with van der Waals surface area (Å²) in [7, 11) is 1.81. The lowest BCUT2D eigenvalue weighted by molar-refractivity contribution is -0.120. The van der Waals surface area contributed by atoms with Crippen molar-refractivity contribution >= 4 is 11.9 Å². The molecule has 0 aromatic heterocycles. The Balaban J connectivity index is 2.52. The number of nitrogens with two attached hydrogens (primary N) is 1. The van der Waals surface area contributed by atoms with Crippen LogP contribution in [0.25, 0.3) is 0 Å². The number of rotatable bonds is 3. The van der Waals surface area contributed by atoms with E-state index in [0.717, 1.165) is 19.3 Å². The monoisotopic (exact) mass is 169 g/mol. The summed E-state index contributed by atoms with van der Waals surface area (Å²) in [6, 6.07) is -0.107. The van der Waals surface area contributed by atoms with Gasteiger partial charge < -0.3 is 10.6 Å². The molecule has 1 atom stereocenters. The number of hydrogen-bond donors (Lipinski definition) is 1. The summed E-state index contributed by atoms with van der Waals surface area (Å²) in [5.74, 6) is 0.254. The van der Waals surface area contributed by atoms with Crippen LogP contribution in [-0.4, -0.2) is 29.9 Å². The fraction of sp³-hybridized carbons (Fsp3) is 0.750. The molecule has 0 radical (unpaired) electrons. The summed E-state index contributed by atoms with van der Waals surface area (Å²) in [6.07, 6.45) is 3.00. The van der Waals surface area contributed by atoms with E-state index >= 15 is 0 Å². The van der Waals surface area contributed by atoms with Crippen LogP contribution < -0.4 is 5.73 Å². The molecule has 0 aliphatic carbocycles. The second kappa shape index (κ2) is 3.56.